The first-order valence-corrected chi connectivity index (χ1v) is 6.66. The lowest BCUT2D eigenvalue weighted by atomic mass is 10.1. The predicted octanol–water partition coefficient (Wildman–Crippen LogP) is 1.76. The van der Waals surface area contributed by atoms with Gasteiger partial charge in [-0.15, -0.1) is 29.1 Å². The standard InChI is InChI=1S/C14H17N7.HI/c1-2-11-4-3-5-12(8-11)19-14(16)17-6-7-21-10-18-13(9-15)20-21;/h3-5,8,10H,2,6-7H2,1H3,(H3,16,17,19);1H. The van der Waals surface area contributed by atoms with E-state index in [2.05, 4.69) is 33.4 Å². The van der Waals surface area contributed by atoms with Gasteiger partial charge in [-0.1, -0.05) is 19.1 Å². The number of nitrogens with zero attached hydrogens (tertiary/aromatic N) is 5. The van der Waals surface area contributed by atoms with E-state index in [0.717, 1.165) is 12.1 Å². The topological polar surface area (TPSA) is 105 Å². The number of halogens is 1. The van der Waals surface area contributed by atoms with Gasteiger partial charge in [-0.2, -0.15) is 5.26 Å². The number of aromatic nitrogens is 3. The first kappa shape index (κ1) is 17.9. The van der Waals surface area contributed by atoms with E-state index in [0.29, 0.717) is 19.0 Å². The summed E-state index contributed by atoms with van der Waals surface area (Å²) in [5, 5.41) is 15.6. The second-order valence-corrected chi connectivity index (χ2v) is 4.39. The highest BCUT2D eigenvalue weighted by Crippen LogP contribution is 2.10. The van der Waals surface area contributed by atoms with Crippen molar-refractivity contribution in [3.05, 3.63) is 42.0 Å². The van der Waals surface area contributed by atoms with Crippen LogP contribution in [-0.2, 0) is 13.0 Å². The third-order valence-corrected chi connectivity index (χ3v) is 2.86. The van der Waals surface area contributed by atoms with Gasteiger partial charge in [-0.3, -0.25) is 4.99 Å². The van der Waals surface area contributed by atoms with Crippen LogP contribution < -0.4 is 11.1 Å². The van der Waals surface area contributed by atoms with E-state index >= 15 is 0 Å². The number of aliphatic imine (C=N–C) groups is 1. The molecule has 1 heterocycles. The zero-order valence-electron chi connectivity index (χ0n) is 12.2. The van der Waals surface area contributed by atoms with E-state index in [1.165, 1.54) is 11.9 Å². The van der Waals surface area contributed by atoms with Gasteiger partial charge in [-0.05, 0) is 24.1 Å². The Morgan fingerprint density at radius 3 is 3.00 bits per heavy atom. The van der Waals surface area contributed by atoms with E-state index in [1.54, 1.807) is 4.68 Å². The van der Waals surface area contributed by atoms with Crippen molar-refractivity contribution in [3.8, 4) is 6.07 Å². The van der Waals surface area contributed by atoms with E-state index < -0.39 is 0 Å². The molecule has 2 aromatic rings. The van der Waals surface area contributed by atoms with Crippen molar-refractivity contribution in [3.63, 3.8) is 0 Å². The number of guanidine groups is 1. The van der Waals surface area contributed by atoms with Gasteiger partial charge in [0.1, 0.15) is 12.4 Å². The Labute approximate surface area is 146 Å². The number of rotatable bonds is 5. The molecule has 0 fully saturated rings. The van der Waals surface area contributed by atoms with E-state index in [1.807, 2.05) is 24.3 Å². The molecule has 0 amide bonds. The van der Waals surface area contributed by atoms with Gasteiger partial charge in [0.25, 0.3) is 5.82 Å². The molecule has 2 rings (SSSR count). The van der Waals surface area contributed by atoms with Crippen LogP contribution in [0.5, 0.6) is 0 Å². The smallest absolute Gasteiger partial charge is 0.252 e. The third kappa shape index (κ3) is 5.33. The monoisotopic (exact) mass is 411 g/mol. The summed E-state index contributed by atoms with van der Waals surface area (Å²) in [7, 11) is 0. The molecule has 8 heteroatoms. The number of nitrogens with one attached hydrogen (secondary N) is 1. The summed E-state index contributed by atoms with van der Waals surface area (Å²) in [5.41, 5.74) is 7.99. The van der Waals surface area contributed by atoms with Crippen LogP contribution in [0.3, 0.4) is 0 Å². The molecule has 0 aliphatic carbocycles. The lowest BCUT2D eigenvalue weighted by Crippen LogP contribution is -2.23. The lowest BCUT2D eigenvalue weighted by molar-refractivity contribution is 0.622. The molecule has 7 nitrogen and oxygen atoms in total. The Kier molecular flexibility index (Phi) is 7.31. The molecule has 1 aromatic carbocycles. The molecule has 116 valence electrons. The van der Waals surface area contributed by atoms with Crippen LogP contribution in [0.4, 0.5) is 5.69 Å². The zero-order chi connectivity index (χ0) is 15.1. The van der Waals surface area contributed by atoms with Crippen LogP contribution in [0.1, 0.15) is 18.3 Å². The average molecular weight is 411 g/mol. The maximum atomic E-state index is 8.63. The van der Waals surface area contributed by atoms with Crippen molar-refractivity contribution in [1.29, 1.82) is 5.26 Å². The lowest BCUT2D eigenvalue weighted by Gasteiger charge is -2.07. The highest BCUT2D eigenvalue weighted by Gasteiger charge is 1.99. The Bertz CT molecular complexity index is 672. The minimum absolute atomic E-state index is 0. The molecule has 0 saturated heterocycles. The number of anilines is 1. The van der Waals surface area contributed by atoms with Crippen molar-refractivity contribution in [2.24, 2.45) is 10.7 Å². The second-order valence-electron chi connectivity index (χ2n) is 4.39. The highest BCUT2D eigenvalue weighted by molar-refractivity contribution is 14.0. The van der Waals surface area contributed by atoms with E-state index in [9.17, 15) is 0 Å². The Morgan fingerprint density at radius 1 is 1.50 bits per heavy atom. The van der Waals surface area contributed by atoms with Crippen LogP contribution >= 0.6 is 24.0 Å². The van der Waals surface area contributed by atoms with Crippen LogP contribution in [-0.4, -0.2) is 27.3 Å². The molecule has 0 aliphatic heterocycles. The minimum atomic E-state index is 0. The van der Waals surface area contributed by atoms with E-state index in [4.69, 9.17) is 11.0 Å². The Balaban J connectivity index is 0.00000242. The fraction of sp³-hybridized carbons (Fsp3) is 0.286. The van der Waals surface area contributed by atoms with Crippen molar-refractivity contribution >= 4 is 35.6 Å². The first-order valence-electron chi connectivity index (χ1n) is 6.66. The van der Waals surface area contributed by atoms with Crippen LogP contribution in [0, 0.1) is 11.3 Å². The molecule has 0 aliphatic rings. The summed E-state index contributed by atoms with van der Waals surface area (Å²) in [5.74, 6) is 0.505. The maximum absolute atomic E-state index is 8.63. The largest absolute Gasteiger partial charge is 0.370 e. The van der Waals surface area contributed by atoms with Crippen molar-refractivity contribution in [2.75, 3.05) is 11.9 Å². The SMILES string of the molecule is CCc1cccc(NC(N)=NCCn2cnc(C#N)n2)c1.I. The Hall–Kier alpha value is -2.15. The normalized spacial score (nSPS) is 10.6. The number of nitrogens with two attached hydrogens (primary N) is 1. The molecular formula is C14H18IN7. The first-order chi connectivity index (χ1) is 10.2. The van der Waals surface area contributed by atoms with Gasteiger partial charge in [0.15, 0.2) is 5.96 Å². The van der Waals surface area contributed by atoms with E-state index in [-0.39, 0.29) is 29.8 Å². The van der Waals surface area contributed by atoms with Gasteiger partial charge >= 0.3 is 0 Å². The number of hydrogen-bond acceptors (Lipinski definition) is 4. The summed E-state index contributed by atoms with van der Waals surface area (Å²) >= 11 is 0. The highest BCUT2D eigenvalue weighted by atomic mass is 127. The number of nitriles is 1. The molecule has 0 atom stereocenters. The van der Waals surface area contributed by atoms with Gasteiger partial charge in [0.05, 0.1) is 13.1 Å². The van der Waals surface area contributed by atoms with Gasteiger partial charge < -0.3 is 11.1 Å². The summed E-state index contributed by atoms with van der Waals surface area (Å²) < 4.78 is 1.56. The van der Waals surface area contributed by atoms with Crippen molar-refractivity contribution in [2.45, 2.75) is 19.9 Å². The second kappa shape index (κ2) is 8.99. The number of hydrogen-bond donors (Lipinski definition) is 2. The summed E-state index contributed by atoms with van der Waals surface area (Å²) in [6.07, 6.45) is 2.47. The fourth-order valence-corrected chi connectivity index (χ4v) is 1.78. The molecule has 0 saturated carbocycles. The predicted molar refractivity (Wildman–Crippen MR) is 96.1 cm³/mol. The summed E-state index contributed by atoms with van der Waals surface area (Å²) in [4.78, 5) is 8.03. The molecule has 1 aromatic heterocycles. The third-order valence-electron chi connectivity index (χ3n) is 2.86. The summed E-state index contributed by atoms with van der Waals surface area (Å²) in [6.45, 7) is 3.08. The molecule has 0 bridgehead atoms. The molecular weight excluding hydrogens is 393 g/mol. The maximum Gasteiger partial charge on any atom is 0.252 e. The average Bonchev–Trinajstić information content (AvgIpc) is 2.95. The molecule has 0 unspecified atom stereocenters. The van der Waals surface area contributed by atoms with Crippen LogP contribution in [0.25, 0.3) is 0 Å². The Morgan fingerprint density at radius 2 is 2.32 bits per heavy atom. The van der Waals surface area contributed by atoms with Gasteiger partial charge in [0.2, 0.25) is 0 Å². The quantitative estimate of drug-likeness (QED) is 0.443. The summed E-state index contributed by atoms with van der Waals surface area (Å²) in [6, 6.07) is 9.90. The molecule has 3 N–H and O–H groups in total. The molecule has 22 heavy (non-hydrogen) atoms. The number of aryl methyl sites for hydroxylation is 1. The molecule has 0 radical (unpaired) electrons. The zero-order valence-corrected chi connectivity index (χ0v) is 14.6. The van der Waals surface area contributed by atoms with Gasteiger partial charge in [0, 0.05) is 5.69 Å². The fourth-order valence-electron chi connectivity index (χ4n) is 1.78. The van der Waals surface area contributed by atoms with Crippen molar-refractivity contribution in [1.82, 2.24) is 14.8 Å². The molecule has 0 spiro atoms. The van der Waals surface area contributed by atoms with Crippen LogP contribution in [0.15, 0.2) is 35.6 Å². The minimum Gasteiger partial charge on any atom is -0.370 e. The van der Waals surface area contributed by atoms with Gasteiger partial charge in [-0.25, -0.2) is 9.67 Å². The number of benzene rings is 1. The van der Waals surface area contributed by atoms with Crippen LogP contribution in [0.2, 0.25) is 0 Å². The van der Waals surface area contributed by atoms with Crippen molar-refractivity contribution < 1.29 is 0 Å².